The second-order valence-electron chi connectivity index (χ2n) is 3.83. The van der Waals surface area contributed by atoms with Gasteiger partial charge in [-0.2, -0.15) is 0 Å². The summed E-state index contributed by atoms with van der Waals surface area (Å²) in [7, 11) is -3.41. The Bertz CT molecular complexity index is 341. The number of hydrogen-bond acceptors (Lipinski definition) is 4. The Morgan fingerprint density at radius 2 is 1.92 bits per heavy atom. The topological polar surface area (TPSA) is 89.3 Å². The maximum Gasteiger partial charge on any atom is 0.253 e. The minimum Gasteiger partial charge on any atom is -0.317 e. The summed E-state index contributed by atoms with van der Waals surface area (Å²) in [5.74, 6) is -0.542. The molecule has 0 aromatic heterocycles. The van der Waals surface area contributed by atoms with Gasteiger partial charge in [-0.1, -0.05) is 0 Å². The summed E-state index contributed by atoms with van der Waals surface area (Å²) in [4.78, 5) is 11.3. The van der Waals surface area contributed by atoms with Gasteiger partial charge in [-0.25, -0.2) is 8.42 Å². The third-order valence-corrected chi connectivity index (χ3v) is 4.26. The first-order chi connectivity index (χ1) is 5.94. The first-order valence-electron chi connectivity index (χ1n) is 4.29. The van der Waals surface area contributed by atoms with Crippen LogP contribution in [0.5, 0.6) is 0 Å². The largest absolute Gasteiger partial charge is 0.317 e. The van der Waals surface area contributed by atoms with E-state index in [1.54, 1.807) is 0 Å². The van der Waals surface area contributed by atoms with Gasteiger partial charge in [0.2, 0.25) is 10.0 Å². The molecule has 2 aliphatic carbocycles. The lowest BCUT2D eigenvalue weighted by molar-refractivity contribution is -0.121. The highest BCUT2D eigenvalue weighted by Gasteiger charge is 2.48. The van der Waals surface area contributed by atoms with Gasteiger partial charge in [-0.15, -0.1) is 0 Å². The Morgan fingerprint density at radius 1 is 1.38 bits per heavy atom. The van der Waals surface area contributed by atoms with Crippen LogP contribution >= 0.6 is 0 Å². The maximum absolute atomic E-state index is 11.3. The molecule has 2 aliphatic rings. The van der Waals surface area contributed by atoms with Crippen molar-refractivity contribution < 1.29 is 13.2 Å². The van der Waals surface area contributed by atoms with Crippen molar-refractivity contribution >= 4 is 15.9 Å². The van der Waals surface area contributed by atoms with Crippen LogP contribution in [0.4, 0.5) is 0 Å². The standard InChI is InChI=1S/C7H12N2O3S/c8-7(3-4-7)6(10)9-13(11,12)5-1-2-5/h5H,1-4,8H2,(H,9,10). The van der Waals surface area contributed by atoms with Gasteiger partial charge in [-0.05, 0) is 25.7 Å². The molecular weight excluding hydrogens is 192 g/mol. The van der Waals surface area contributed by atoms with Gasteiger partial charge in [-0.3, -0.25) is 9.52 Å². The van der Waals surface area contributed by atoms with E-state index in [-0.39, 0.29) is 5.25 Å². The number of nitrogens with two attached hydrogens (primary N) is 1. The van der Waals surface area contributed by atoms with Crippen LogP contribution in [0.25, 0.3) is 0 Å². The van der Waals surface area contributed by atoms with Crippen molar-refractivity contribution in [1.82, 2.24) is 4.72 Å². The van der Waals surface area contributed by atoms with Crippen molar-refractivity contribution in [3.05, 3.63) is 0 Å². The maximum atomic E-state index is 11.3. The molecule has 2 rings (SSSR count). The van der Waals surface area contributed by atoms with Crippen LogP contribution in [0, 0.1) is 0 Å². The number of carbonyl (C=O) groups is 1. The molecular formula is C7H12N2O3S. The van der Waals surface area contributed by atoms with E-state index < -0.39 is 21.5 Å². The predicted octanol–water partition coefficient (Wildman–Crippen LogP) is -0.914. The molecule has 2 fully saturated rings. The number of nitrogens with one attached hydrogen (secondary N) is 1. The molecule has 3 N–H and O–H groups in total. The Labute approximate surface area is 76.7 Å². The van der Waals surface area contributed by atoms with E-state index >= 15 is 0 Å². The quantitative estimate of drug-likeness (QED) is 0.622. The van der Waals surface area contributed by atoms with Crippen LogP contribution in [0.3, 0.4) is 0 Å². The smallest absolute Gasteiger partial charge is 0.253 e. The first-order valence-corrected chi connectivity index (χ1v) is 5.84. The van der Waals surface area contributed by atoms with Crippen LogP contribution in [0.15, 0.2) is 0 Å². The molecule has 0 atom stereocenters. The molecule has 6 heteroatoms. The van der Waals surface area contributed by atoms with Crippen molar-refractivity contribution in [3.63, 3.8) is 0 Å². The molecule has 0 bridgehead atoms. The van der Waals surface area contributed by atoms with Gasteiger partial charge < -0.3 is 5.73 Å². The SMILES string of the molecule is NC1(C(=O)NS(=O)(=O)C2CC2)CC1. The molecule has 0 heterocycles. The summed E-state index contributed by atoms with van der Waals surface area (Å²) in [6.45, 7) is 0. The second-order valence-corrected chi connectivity index (χ2v) is 5.79. The lowest BCUT2D eigenvalue weighted by Crippen LogP contribution is -2.46. The van der Waals surface area contributed by atoms with E-state index in [4.69, 9.17) is 5.73 Å². The van der Waals surface area contributed by atoms with Gasteiger partial charge in [0.15, 0.2) is 0 Å². The minimum atomic E-state index is -3.41. The molecule has 13 heavy (non-hydrogen) atoms. The van der Waals surface area contributed by atoms with Crippen LogP contribution in [0.2, 0.25) is 0 Å². The van der Waals surface area contributed by atoms with E-state index in [1.807, 2.05) is 4.72 Å². The lowest BCUT2D eigenvalue weighted by Gasteiger charge is -2.09. The summed E-state index contributed by atoms with van der Waals surface area (Å²) in [6.07, 6.45) is 2.47. The highest BCUT2D eigenvalue weighted by molar-refractivity contribution is 7.90. The predicted molar refractivity (Wildman–Crippen MR) is 46.2 cm³/mol. The molecule has 5 nitrogen and oxygen atoms in total. The second kappa shape index (κ2) is 2.45. The molecule has 0 saturated heterocycles. The number of hydrogen-bond donors (Lipinski definition) is 2. The van der Waals surface area contributed by atoms with Gasteiger partial charge in [0, 0.05) is 0 Å². The van der Waals surface area contributed by atoms with Crippen molar-refractivity contribution in [3.8, 4) is 0 Å². The lowest BCUT2D eigenvalue weighted by atomic mass is 10.3. The zero-order chi connectivity index (χ0) is 9.69. The van der Waals surface area contributed by atoms with Gasteiger partial charge in [0.1, 0.15) is 0 Å². The fourth-order valence-corrected chi connectivity index (χ4v) is 2.44. The molecule has 0 aliphatic heterocycles. The minimum absolute atomic E-state index is 0.362. The average Bonchev–Trinajstić information content (AvgIpc) is 2.78. The number of carbonyl (C=O) groups excluding carboxylic acids is 1. The Kier molecular flexibility index (Phi) is 1.69. The van der Waals surface area contributed by atoms with Crippen molar-refractivity contribution in [2.45, 2.75) is 36.5 Å². The summed E-state index contributed by atoms with van der Waals surface area (Å²) in [5, 5.41) is -0.362. The van der Waals surface area contributed by atoms with E-state index in [1.165, 1.54) is 0 Å². The Hall–Kier alpha value is -0.620. The van der Waals surface area contributed by atoms with Crippen LogP contribution in [0.1, 0.15) is 25.7 Å². The first kappa shape index (κ1) is 8.96. The normalized spacial score (nSPS) is 25.3. The third kappa shape index (κ3) is 1.68. The number of sulfonamides is 1. The molecule has 0 aromatic carbocycles. The zero-order valence-corrected chi connectivity index (χ0v) is 7.93. The Balaban J connectivity index is 2.01. The molecule has 1 amide bonds. The highest BCUT2D eigenvalue weighted by Crippen LogP contribution is 2.33. The van der Waals surface area contributed by atoms with Crippen molar-refractivity contribution in [2.75, 3.05) is 0 Å². The van der Waals surface area contributed by atoms with Gasteiger partial charge in [0.05, 0.1) is 10.8 Å². The summed E-state index contributed by atoms with van der Waals surface area (Å²) in [5.41, 5.74) is 4.64. The van der Waals surface area contributed by atoms with Crippen molar-refractivity contribution in [1.29, 1.82) is 0 Å². The zero-order valence-electron chi connectivity index (χ0n) is 7.12. The fourth-order valence-electron chi connectivity index (χ4n) is 1.05. The Morgan fingerprint density at radius 3 is 2.31 bits per heavy atom. The van der Waals surface area contributed by atoms with E-state index in [0.29, 0.717) is 25.7 Å². The van der Waals surface area contributed by atoms with E-state index in [9.17, 15) is 13.2 Å². The van der Waals surface area contributed by atoms with Gasteiger partial charge >= 0.3 is 0 Å². The highest BCUT2D eigenvalue weighted by atomic mass is 32.2. The number of amides is 1. The van der Waals surface area contributed by atoms with Crippen LogP contribution in [-0.2, 0) is 14.8 Å². The van der Waals surface area contributed by atoms with Crippen LogP contribution in [-0.4, -0.2) is 25.1 Å². The van der Waals surface area contributed by atoms with Crippen molar-refractivity contribution in [2.24, 2.45) is 5.73 Å². The molecule has 0 unspecified atom stereocenters. The fraction of sp³-hybridized carbons (Fsp3) is 0.857. The molecule has 74 valence electrons. The van der Waals surface area contributed by atoms with Crippen LogP contribution < -0.4 is 10.5 Å². The van der Waals surface area contributed by atoms with E-state index in [2.05, 4.69) is 0 Å². The third-order valence-electron chi connectivity index (χ3n) is 2.44. The molecule has 0 radical (unpaired) electrons. The van der Waals surface area contributed by atoms with Gasteiger partial charge in [0.25, 0.3) is 5.91 Å². The average molecular weight is 204 g/mol. The summed E-state index contributed by atoms with van der Waals surface area (Å²) in [6, 6.07) is 0. The summed E-state index contributed by atoms with van der Waals surface area (Å²) >= 11 is 0. The summed E-state index contributed by atoms with van der Waals surface area (Å²) < 4.78 is 24.6. The van der Waals surface area contributed by atoms with E-state index in [0.717, 1.165) is 0 Å². The molecule has 0 aromatic rings. The monoisotopic (exact) mass is 204 g/mol. The molecule has 2 saturated carbocycles. The number of rotatable bonds is 3. The molecule has 0 spiro atoms.